The van der Waals surface area contributed by atoms with Crippen molar-refractivity contribution in [2.45, 2.75) is 6.92 Å². The minimum atomic E-state index is 0.725. The molecule has 0 bridgehead atoms. The number of nitrogens with one attached hydrogen (secondary N) is 1. The highest BCUT2D eigenvalue weighted by Gasteiger charge is 1.99. The van der Waals surface area contributed by atoms with E-state index in [0.717, 1.165) is 28.0 Å². The van der Waals surface area contributed by atoms with Crippen LogP contribution in [0.5, 0.6) is 5.75 Å². The van der Waals surface area contributed by atoms with Crippen molar-refractivity contribution in [3.63, 3.8) is 0 Å². The summed E-state index contributed by atoms with van der Waals surface area (Å²) in [6, 6.07) is 5.84. The van der Waals surface area contributed by atoms with Crippen LogP contribution >= 0.6 is 27.5 Å². The van der Waals surface area contributed by atoms with Crippen LogP contribution in [0.15, 0.2) is 33.8 Å². The first-order valence-corrected chi connectivity index (χ1v) is 5.73. The second kappa shape index (κ2) is 6.03. The normalized spacial score (nSPS) is 11.3. The summed E-state index contributed by atoms with van der Waals surface area (Å²) in [5.41, 5.74) is 3.65. The maximum atomic E-state index is 5.57. The second-order valence-corrected chi connectivity index (χ2v) is 4.32. The maximum absolute atomic E-state index is 5.57. The van der Waals surface area contributed by atoms with E-state index in [2.05, 4.69) is 21.2 Å². The summed E-state index contributed by atoms with van der Waals surface area (Å²) < 4.78 is 6.14. The third-order valence-corrected chi connectivity index (χ3v) is 2.69. The first-order chi connectivity index (χ1) is 7.15. The Balaban J connectivity index is 2.72. The van der Waals surface area contributed by atoms with Gasteiger partial charge >= 0.3 is 0 Å². The SMILES string of the molecule is COc1cc(Br)cc(NC/C(C)=C/Cl)c1. The summed E-state index contributed by atoms with van der Waals surface area (Å²) in [5.74, 6) is 0.819. The van der Waals surface area contributed by atoms with Crippen molar-refractivity contribution in [1.29, 1.82) is 0 Å². The van der Waals surface area contributed by atoms with E-state index in [0.29, 0.717) is 0 Å². The molecule has 1 aromatic rings. The molecule has 0 heterocycles. The summed E-state index contributed by atoms with van der Waals surface area (Å²) in [5, 5.41) is 3.25. The molecule has 0 fully saturated rings. The van der Waals surface area contributed by atoms with Gasteiger partial charge in [-0.05, 0) is 24.6 Å². The predicted molar refractivity (Wildman–Crippen MR) is 68.8 cm³/mol. The Hall–Kier alpha value is -0.670. The van der Waals surface area contributed by atoms with E-state index < -0.39 is 0 Å². The smallest absolute Gasteiger partial charge is 0.122 e. The molecule has 0 aliphatic carbocycles. The average molecular weight is 291 g/mol. The van der Waals surface area contributed by atoms with Crippen LogP contribution in [0, 0.1) is 0 Å². The molecule has 0 amide bonds. The molecule has 0 unspecified atom stereocenters. The van der Waals surface area contributed by atoms with Gasteiger partial charge in [-0.1, -0.05) is 27.5 Å². The van der Waals surface area contributed by atoms with E-state index in [9.17, 15) is 0 Å². The van der Waals surface area contributed by atoms with Crippen LogP contribution in [0.3, 0.4) is 0 Å². The molecule has 0 atom stereocenters. The highest BCUT2D eigenvalue weighted by atomic mass is 79.9. The molecule has 0 spiro atoms. The molecule has 0 aliphatic rings. The molecule has 0 saturated heterocycles. The minimum absolute atomic E-state index is 0.725. The molecule has 0 aliphatic heterocycles. The van der Waals surface area contributed by atoms with Gasteiger partial charge in [0.25, 0.3) is 0 Å². The second-order valence-electron chi connectivity index (χ2n) is 3.19. The highest BCUT2D eigenvalue weighted by molar-refractivity contribution is 9.10. The molecule has 1 aromatic carbocycles. The first-order valence-electron chi connectivity index (χ1n) is 4.50. The Kier molecular flexibility index (Phi) is 4.99. The predicted octanol–water partition coefficient (Wildman–Crippen LogP) is 4.01. The van der Waals surface area contributed by atoms with Gasteiger partial charge in [-0.25, -0.2) is 0 Å². The monoisotopic (exact) mass is 289 g/mol. The number of benzene rings is 1. The maximum Gasteiger partial charge on any atom is 0.122 e. The Morgan fingerprint density at radius 2 is 2.27 bits per heavy atom. The van der Waals surface area contributed by atoms with Crippen LogP contribution in [-0.2, 0) is 0 Å². The van der Waals surface area contributed by atoms with E-state index in [4.69, 9.17) is 16.3 Å². The zero-order chi connectivity index (χ0) is 11.3. The fraction of sp³-hybridized carbons (Fsp3) is 0.273. The zero-order valence-corrected chi connectivity index (χ0v) is 11.0. The third-order valence-electron chi connectivity index (χ3n) is 1.86. The summed E-state index contributed by atoms with van der Waals surface area (Å²) in [6.45, 7) is 2.69. The van der Waals surface area contributed by atoms with Gasteiger partial charge in [-0.15, -0.1) is 0 Å². The lowest BCUT2D eigenvalue weighted by Gasteiger charge is -2.08. The summed E-state index contributed by atoms with van der Waals surface area (Å²) in [7, 11) is 1.65. The van der Waals surface area contributed by atoms with Crippen molar-refractivity contribution in [3.05, 3.63) is 33.8 Å². The number of ether oxygens (including phenoxy) is 1. The van der Waals surface area contributed by atoms with Crippen LogP contribution in [0.25, 0.3) is 0 Å². The minimum Gasteiger partial charge on any atom is -0.497 e. The van der Waals surface area contributed by atoms with Crippen molar-refractivity contribution in [2.75, 3.05) is 19.0 Å². The van der Waals surface area contributed by atoms with Crippen LogP contribution < -0.4 is 10.1 Å². The van der Waals surface area contributed by atoms with Gasteiger partial charge in [-0.3, -0.25) is 0 Å². The molecule has 0 saturated carbocycles. The largest absolute Gasteiger partial charge is 0.497 e. The Bertz CT molecular complexity index is 366. The summed E-state index contributed by atoms with van der Waals surface area (Å²) in [6.07, 6.45) is 0. The van der Waals surface area contributed by atoms with Gasteiger partial charge in [0, 0.05) is 28.3 Å². The van der Waals surface area contributed by atoms with Gasteiger partial charge < -0.3 is 10.1 Å². The molecule has 2 nitrogen and oxygen atoms in total. The van der Waals surface area contributed by atoms with Crippen molar-refractivity contribution >= 4 is 33.2 Å². The van der Waals surface area contributed by atoms with E-state index in [1.165, 1.54) is 0 Å². The van der Waals surface area contributed by atoms with Crippen LogP contribution in [-0.4, -0.2) is 13.7 Å². The number of methoxy groups -OCH3 is 1. The van der Waals surface area contributed by atoms with Gasteiger partial charge in [-0.2, -0.15) is 0 Å². The van der Waals surface area contributed by atoms with E-state index in [1.807, 2.05) is 25.1 Å². The molecule has 82 valence electrons. The Morgan fingerprint density at radius 3 is 2.87 bits per heavy atom. The van der Waals surface area contributed by atoms with Gasteiger partial charge in [0.15, 0.2) is 0 Å². The van der Waals surface area contributed by atoms with Crippen LogP contribution in [0.2, 0.25) is 0 Å². The lowest BCUT2D eigenvalue weighted by atomic mass is 10.3. The quantitative estimate of drug-likeness (QED) is 0.904. The molecule has 4 heteroatoms. The number of rotatable bonds is 4. The fourth-order valence-electron chi connectivity index (χ4n) is 1.06. The lowest BCUT2D eigenvalue weighted by Crippen LogP contribution is -2.02. The number of halogens is 2. The van der Waals surface area contributed by atoms with Gasteiger partial charge in [0.2, 0.25) is 0 Å². The van der Waals surface area contributed by atoms with Crippen molar-refractivity contribution < 1.29 is 4.74 Å². The van der Waals surface area contributed by atoms with E-state index in [1.54, 1.807) is 12.6 Å². The topological polar surface area (TPSA) is 21.3 Å². The van der Waals surface area contributed by atoms with Gasteiger partial charge in [0.1, 0.15) is 5.75 Å². The highest BCUT2D eigenvalue weighted by Crippen LogP contribution is 2.24. The lowest BCUT2D eigenvalue weighted by molar-refractivity contribution is 0.414. The van der Waals surface area contributed by atoms with Crippen LogP contribution in [0.1, 0.15) is 6.92 Å². The zero-order valence-electron chi connectivity index (χ0n) is 8.68. The Labute approximate surface area is 103 Å². The molecule has 15 heavy (non-hydrogen) atoms. The molecule has 0 radical (unpaired) electrons. The molecule has 1 rings (SSSR count). The van der Waals surface area contributed by atoms with Crippen molar-refractivity contribution in [3.8, 4) is 5.75 Å². The average Bonchev–Trinajstić information content (AvgIpc) is 2.25. The summed E-state index contributed by atoms with van der Waals surface area (Å²) in [4.78, 5) is 0. The number of hydrogen-bond donors (Lipinski definition) is 1. The molecular formula is C11H13BrClNO. The van der Waals surface area contributed by atoms with Gasteiger partial charge in [0.05, 0.1) is 7.11 Å². The summed E-state index contributed by atoms with van der Waals surface area (Å²) >= 11 is 8.99. The Morgan fingerprint density at radius 1 is 1.53 bits per heavy atom. The van der Waals surface area contributed by atoms with Crippen molar-refractivity contribution in [2.24, 2.45) is 0 Å². The fourth-order valence-corrected chi connectivity index (χ4v) is 1.61. The van der Waals surface area contributed by atoms with Crippen molar-refractivity contribution in [1.82, 2.24) is 0 Å². The van der Waals surface area contributed by atoms with E-state index >= 15 is 0 Å². The third kappa shape index (κ3) is 4.14. The molecule has 0 aromatic heterocycles. The molecule has 1 N–H and O–H groups in total. The first kappa shape index (κ1) is 12.4. The van der Waals surface area contributed by atoms with Crippen LogP contribution in [0.4, 0.5) is 5.69 Å². The standard InChI is InChI=1S/C11H13BrClNO/c1-8(6-13)7-14-10-3-9(12)4-11(5-10)15-2/h3-6,14H,7H2,1-2H3/b8-6+. The van der Waals surface area contributed by atoms with E-state index in [-0.39, 0.29) is 0 Å². The number of hydrogen-bond acceptors (Lipinski definition) is 2. The molecular weight excluding hydrogens is 277 g/mol. The number of anilines is 1.